The van der Waals surface area contributed by atoms with Crippen LogP contribution < -0.4 is 0 Å². The van der Waals surface area contributed by atoms with E-state index in [0.29, 0.717) is 24.3 Å². The van der Waals surface area contributed by atoms with Gasteiger partial charge in [-0.1, -0.05) is 60.7 Å². The Morgan fingerprint density at radius 2 is 1.64 bits per heavy atom. The number of benzene rings is 2. The van der Waals surface area contributed by atoms with Crippen LogP contribution in [0.2, 0.25) is 0 Å². The van der Waals surface area contributed by atoms with E-state index in [4.69, 9.17) is 0 Å². The number of Topliss-reactive ketones (excluding diaryl/α,β-unsaturated/α-hetero) is 1. The van der Waals surface area contributed by atoms with Gasteiger partial charge in [0.2, 0.25) is 0 Å². The molecule has 1 aliphatic carbocycles. The number of hydrogen-bond acceptors (Lipinski definition) is 4. The first-order valence-electron chi connectivity index (χ1n) is 8.56. The number of carbonyl (C=O) groups is 1. The monoisotopic (exact) mass is 332 g/mol. The molecule has 2 aromatic carbocycles. The van der Waals surface area contributed by atoms with Crippen LogP contribution in [0.15, 0.2) is 70.9 Å². The fourth-order valence-electron chi connectivity index (χ4n) is 3.95. The van der Waals surface area contributed by atoms with Crippen LogP contribution in [0.1, 0.15) is 36.8 Å². The van der Waals surface area contributed by atoms with Crippen molar-refractivity contribution in [1.29, 1.82) is 0 Å². The molecule has 126 valence electrons. The van der Waals surface area contributed by atoms with Crippen molar-refractivity contribution in [2.75, 3.05) is 0 Å². The molecule has 3 atom stereocenters. The molecule has 4 heteroatoms. The first-order valence-corrected chi connectivity index (χ1v) is 8.56. The van der Waals surface area contributed by atoms with Crippen LogP contribution in [-0.2, 0) is 4.79 Å². The third-order valence-electron chi connectivity index (χ3n) is 5.05. The lowest BCUT2D eigenvalue weighted by Gasteiger charge is -2.41. The highest BCUT2D eigenvalue weighted by molar-refractivity contribution is 6.50. The Kier molecular flexibility index (Phi) is 3.85. The standard InChI is InChI=1S/C21H20N2O2/c1-21(25)12-16(14-8-4-2-5-9-14)18-17(13-21)22-23-19(20(18)24)15-10-6-3-7-11-15/h2-11,16,18,25H,12-13H2,1H3/t16-,18+,21+/m0/s1. The Hall–Kier alpha value is -2.59. The van der Waals surface area contributed by atoms with Crippen LogP contribution in [0.4, 0.5) is 0 Å². The zero-order valence-corrected chi connectivity index (χ0v) is 14.1. The smallest absolute Gasteiger partial charge is 0.193 e. The van der Waals surface area contributed by atoms with Crippen LogP contribution in [-0.4, -0.2) is 27.9 Å². The molecule has 1 aliphatic heterocycles. The molecule has 0 unspecified atom stereocenters. The Labute approximate surface area is 146 Å². The number of ketones is 1. The molecule has 1 N–H and O–H groups in total. The maximum absolute atomic E-state index is 13.3. The van der Waals surface area contributed by atoms with Gasteiger partial charge in [-0.3, -0.25) is 4.79 Å². The first-order chi connectivity index (χ1) is 12.1. The van der Waals surface area contributed by atoms with Crippen molar-refractivity contribution in [1.82, 2.24) is 0 Å². The Balaban J connectivity index is 1.79. The van der Waals surface area contributed by atoms with Crippen LogP contribution in [0.3, 0.4) is 0 Å². The van der Waals surface area contributed by atoms with Gasteiger partial charge < -0.3 is 5.11 Å². The van der Waals surface area contributed by atoms with E-state index in [1.807, 2.05) is 67.6 Å². The maximum atomic E-state index is 13.3. The van der Waals surface area contributed by atoms with Crippen molar-refractivity contribution in [3.63, 3.8) is 0 Å². The molecular formula is C21H20N2O2. The van der Waals surface area contributed by atoms with Gasteiger partial charge in [0, 0.05) is 17.9 Å². The molecule has 0 radical (unpaired) electrons. The zero-order valence-electron chi connectivity index (χ0n) is 14.1. The minimum Gasteiger partial charge on any atom is -0.390 e. The number of aliphatic hydroxyl groups is 1. The molecule has 1 saturated carbocycles. The van der Waals surface area contributed by atoms with Gasteiger partial charge in [0.05, 0.1) is 17.2 Å². The minimum absolute atomic E-state index is 0.000512. The highest BCUT2D eigenvalue weighted by atomic mass is 16.3. The Bertz CT molecular complexity index is 854. The van der Waals surface area contributed by atoms with Crippen molar-refractivity contribution in [3.8, 4) is 0 Å². The second kappa shape index (κ2) is 6.05. The summed E-state index contributed by atoms with van der Waals surface area (Å²) in [5.41, 5.74) is 2.07. The molecule has 0 bridgehead atoms. The second-order valence-electron chi connectivity index (χ2n) is 7.14. The molecule has 0 aromatic heterocycles. The van der Waals surface area contributed by atoms with Crippen molar-refractivity contribution in [3.05, 3.63) is 71.8 Å². The summed E-state index contributed by atoms with van der Waals surface area (Å²) in [4.78, 5) is 13.3. The summed E-state index contributed by atoms with van der Waals surface area (Å²) in [6, 6.07) is 19.4. The average molecular weight is 332 g/mol. The lowest BCUT2D eigenvalue weighted by molar-refractivity contribution is -0.116. The van der Waals surface area contributed by atoms with Crippen LogP contribution >= 0.6 is 0 Å². The maximum Gasteiger partial charge on any atom is 0.193 e. The molecule has 25 heavy (non-hydrogen) atoms. The molecular weight excluding hydrogens is 312 g/mol. The fourth-order valence-corrected chi connectivity index (χ4v) is 3.95. The summed E-state index contributed by atoms with van der Waals surface area (Å²) in [5.74, 6) is -0.443. The van der Waals surface area contributed by atoms with E-state index in [1.165, 1.54) is 0 Å². The highest BCUT2D eigenvalue weighted by Crippen LogP contribution is 2.43. The quantitative estimate of drug-likeness (QED) is 0.916. The van der Waals surface area contributed by atoms with Crippen LogP contribution in [0.5, 0.6) is 0 Å². The molecule has 1 heterocycles. The summed E-state index contributed by atoms with van der Waals surface area (Å²) < 4.78 is 0. The summed E-state index contributed by atoms with van der Waals surface area (Å²) in [5, 5.41) is 19.2. The number of rotatable bonds is 2. The van der Waals surface area contributed by atoms with Crippen LogP contribution in [0.25, 0.3) is 0 Å². The van der Waals surface area contributed by atoms with Gasteiger partial charge >= 0.3 is 0 Å². The molecule has 4 nitrogen and oxygen atoms in total. The fraction of sp³-hybridized carbons (Fsp3) is 0.286. The Morgan fingerprint density at radius 3 is 2.32 bits per heavy atom. The molecule has 0 amide bonds. The van der Waals surface area contributed by atoms with Crippen LogP contribution in [0, 0.1) is 5.92 Å². The van der Waals surface area contributed by atoms with E-state index in [1.54, 1.807) is 0 Å². The average Bonchev–Trinajstić information content (AvgIpc) is 2.62. The third-order valence-corrected chi connectivity index (χ3v) is 5.05. The molecule has 1 fully saturated rings. The predicted molar refractivity (Wildman–Crippen MR) is 98.0 cm³/mol. The number of nitrogens with zero attached hydrogens (tertiary/aromatic N) is 2. The summed E-state index contributed by atoms with van der Waals surface area (Å²) in [6.45, 7) is 1.81. The van der Waals surface area contributed by atoms with Crippen molar-refractivity contribution >= 4 is 17.2 Å². The molecule has 2 aliphatic rings. The largest absolute Gasteiger partial charge is 0.390 e. The van der Waals surface area contributed by atoms with E-state index >= 15 is 0 Å². The van der Waals surface area contributed by atoms with Gasteiger partial charge in [-0.15, -0.1) is 5.10 Å². The normalized spacial score (nSPS) is 28.8. The van der Waals surface area contributed by atoms with Crippen molar-refractivity contribution < 1.29 is 9.90 Å². The van der Waals surface area contributed by atoms with Gasteiger partial charge in [-0.2, -0.15) is 5.10 Å². The SMILES string of the molecule is C[C@]1(O)CC2=NN=C(c3ccccc3)C(=O)[C@@H]2[C@H](c2ccccc2)C1. The summed E-state index contributed by atoms with van der Waals surface area (Å²) in [6.07, 6.45) is 0.923. The van der Waals surface area contributed by atoms with Gasteiger partial charge in [0.25, 0.3) is 0 Å². The van der Waals surface area contributed by atoms with E-state index < -0.39 is 5.60 Å². The number of fused-ring (bicyclic) bond motifs is 1. The van der Waals surface area contributed by atoms with E-state index in [0.717, 1.165) is 11.1 Å². The van der Waals surface area contributed by atoms with Crippen molar-refractivity contribution in [2.45, 2.75) is 31.3 Å². The summed E-state index contributed by atoms with van der Waals surface area (Å²) in [7, 11) is 0. The zero-order chi connectivity index (χ0) is 17.4. The van der Waals surface area contributed by atoms with Gasteiger partial charge in [-0.05, 0) is 18.9 Å². The third kappa shape index (κ3) is 2.94. The lowest BCUT2D eigenvalue weighted by atomic mass is 9.66. The first kappa shape index (κ1) is 15.9. The van der Waals surface area contributed by atoms with E-state index in [-0.39, 0.29) is 17.6 Å². The topological polar surface area (TPSA) is 62.0 Å². The number of carbonyl (C=O) groups excluding carboxylic acids is 1. The van der Waals surface area contributed by atoms with Gasteiger partial charge in [-0.25, -0.2) is 0 Å². The lowest BCUT2D eigenvalue weighted by Crippen LogP contribution is -2.47. The van der Waals surface area contributed by atoms with E-state index in [2.05, 4.69) is 10.2 Å². The molecule has 0 spiro atoms. The van der Waals surface area contributed by atoms with Crippen molar-refractivity contribution in [2.24, 2.45) is 16.1 Å². The van der Waals surface area contributed by atoms with E-state index in [9.17, 15) is 9.90 Å². The molecule has 0 saturated heterocycles. The highest BCUT2D eigenvalue weighted by Gasteiger charge is 2.47. The second-order valence-corrected chi connectivity index (χ2v) is 7.14. The summed E-state index contributed by atoms with van der Waals surface area (Å²) >= 11 is 0. The van der Waals surface area contributed by atoms with Gasteiger partial charge in [0.1, 0.15) is 5.71 Å². The number of hydrogen-bond donors (Lipinski definition) is 1. The minimum atomic E-state index is -0.879. The molecule has 2 aromatic rings. The van der Waals surface area contributed by atoms with Gasteiger partial charge in [0.15, 0.2) is 5.78 Å². The predicted octanol–water partition coefficient (Wildman–Crippen LogP) is 3.36. The molecule has 4 rings (SSSR count). The Morgan fingerprint density at radius 1 is 1.00 bits per heavy atom.